The molecule has 104 valence electrons. The van der Waals surface area contributed by atoms with Gasteiger partial charge in [-0.3, -0.25) is 0 Å². The molecule has 1 unspecified atom stereocenters. The number of hydrogen-bond acceptors (Lipinski definition) is 3. The van der Waals surface area contributed by atoms with Gasteiger partial charge in [0, 0.05) is 13.2 Å². The van der Waals surface area contributed by atoms with Crippen molar-refractivity contribution >= 4 is 10.0 Å². The predicted octanol–water partition coefficient (Wildman–Crippen LogP) is 1.93. The number of rotatable bonds is 2. The molecule has 0 amide bonds. The molecule has 1 aliphatic carbocycles. The Bertz CT molecular complexity index is 582. The highest BCUT2D eigenvalue weighted by Gasteiger charge is 2.32. The van der Waals surface area contributed by atoms with E-state index >= 15 is 0 Å². The molecule has 1 fully saturated rings. The fourth-order valence-corrected chi connectivity index (χ4v) is 4.52. The number of benzene rings is 1. The number of nitrogens with zero attached hydrogens (tertiary/aromatic N) is 1. The molecule has 0 N–H and O–H groups in total. The normalized spacial score (nSPS) is 24.4. The van der Waals surface area contributed by atoms with Crippen molar-refractivity contribution in [3.05, 3.63) is 29.3 Å². The smallest absolute Gasteiger partial charge is 0.245 e. The average molecular weight is 281 g/mol. The van der Waals surface area contributed by atoms with Crippen LogP contribution in [-0.2, 0) is 27.6 Å². The third-order valence-corrected chi connectivity index (χ3v) is 5.91. The zero-order valence-electron chi connectivity index (χ0n) is 11.1. The predicted molar refractivity (Wildman–Crippen MR) is 72.4 cm³/mol. The summed E-state index contributed by atoms with van der Waals surface area (Å²) in [6.45, 7) is 2.97. The highest BCUT2D eigenvalue weighted by molar-refractivity contribution is 7.89. The number of aryl methyl sites for hydroxylation is 2. The summed E-state index contributed by atoms with van der Waals surface area (Å²) >= 11 is 0. The molecule has 0 saturated carbocycles. The Labute approximate surface area is 114 Å². The summed E-state index contributed by atoms with van der Waals surface area (Å²) in [6, 6.07) is 5.55. The Morgan fingerprint density at radius 1 is 1.21 bits per heavy atom. The lowest BCUT2D eigenvalue weighted by molar-refractivity contribution is -0.0410. The topological polar surface area (TPSA) is 46.6 Å². The molecule has 1 heterocycles. The molecule has 0 spiro atoms. The molecule has 1 aromatic rings. The molecule has 2 aliphatic rings. The number of hydrogen-bond donors (Lipinski definition) is 0. The van der Waals surface area contributed by atoms with Crippen LogP contribution in [0.3, 0.4) is 0 Å². The number of sulfonamides is 1. The van der Waals surface area contributed by atoms with E-state index in [1.807, 2.05) is 12.1 Å². The Balaban J connectivity index is 1.95. The molecule has 3 rings (SSSR count). The van der Waals surface area contributed by atoms with E-state index in [2.05, 4.69) is 0 Å². The largest absolute Gasteiger partial charge is 0.362 e. The second-order valence-electron chi connectivity index (χ2n) is 5.22. The standard InChI is InChI=1S/C14H19NO3S/c1-11-15(8-3-9-18-11)19(16,17)14-7-6-12-4-2-5-13(12)10-14/h6-7,10-11H,2-5,8-9H2,1H3. The minimum Gasteiger partial charge on any atom is -0.362 e. The van der Waals surface area contributed by atoms with Crippen LogP contribution < -0.4 is 0 Å². The summed E-state index contributed by atoms with van der Waals surface area (Å²) in [6.07, 6.45) is 3.58. The lowest BCUT2D eigenvalue weighted by atomic mass is 10.1. The fourth-order valence-electron chi connectivity index (χ4n) is 2.90. The Hall–Kier alpha value is -0.910. The SMILES string of the molecule is CC1OCCCN1S(=O)(=O)c1ccc2c(c1)CCC2. The Kier molecular flexibility index (Phi) is 3.37. The van der Waals surface area contributed by atoms with E-state index in [1.54, 1.807) is 13.0 Å². The molecule has 4 nitrogen and oxygen atoms in total. The Morgan fingerprint density at radius 2 is 2.00 bits per heavy atom. The fraction of sp³-hybridized carbons (Fsp3) is 0.571. The van der Waals surface area contributed by atoms with Gasteiger partial charge in [-0.15, -0.1) is 0 Å². The molecule has 1 atom stereocenters. The number of ether oxygens (including phenoxy) is 1. The van der Waals surface area contributed by atoms with Gasteiger partial charge in [-0.05, 0) is 55.9 Å². The molecule has 1 aliphatic heterocycles. The van der Waals surface area contributed by atoms with Gasteiger partial charge in [0.15, 0.2) is 0 Å². The lowest BCUT2D eigenvalue weighted by Crippen LogP contribution is -2.44. The second kappa shape index (κ2) is 4.89. The minimum absolute atomic E-state index is 0.369. The van der Waals surface area contributed by atoms with Crippen molar-refractivity contribution in [2.45, 2.75) is 43.7 Å². The van der Waals surface area contributed by atoms with E-state index in [0.717, 1.165) is 25.7 Å². The highest BCUT2D eigenvalue weighted by Crippen LogP contribution is 2.28. The summed E-state index contributed by atoms with van der Waals surface area (Å²) in [5, 5.41) is 0. The maximum atomic E-state index is 12.6. The van der Waals surface area contributed by atoms with Gasteiger partial charge in [-0.25, -0.2) is 8.42 Å². The molecule has 1 aromatic carbocycles. The van der Waals surface area contributed by atoms with Gasteiger partial charge in [-0.2, -0.15) is 4.31 Å². The van der Waals surface area contributed by atoms with Crippen LogP contribution in [0.2, 0.25) is 0 Å². The van der Waals surface area contributed by atoms with Gasteiger partial charge in [0.1, 0.15) is 6.23 Å². The van der Waals surface area contributed by atoms with Crippen molar-refractivity contribution < 1.29 is 13.2 Å². The van der Waals surface area contributed by atoms with Crippen molar-refractivity contribution in [2.24, 2.45) is 0 Å². The molecule has 0 bridgehead atoms. The van der Waals surface area contributed by atoms with E-state index in [4.69, 9.17) is 4.74 Å². The van der Waals surface area contributed by atoms with Gasteiger partial charge in [0.2, 0.25) is 10.0 Å². The molecule has 0 aromatic heterocycles. The van der Waals surface area contributed by atoms with Gasteiger partial charge >= 0.3 is 0 Å². The maximum Gasteiger partial charge on any atom is 0.245 e. The van der Waals surface area contributed by atoms with Crippen LogP contribution in [0.15, 0.2) is 23.1 Å². The molecule has 1 saturated heterocycles. The van der Waals surface area contributed by atoms with Crippen LogP contribution in [0, 0.1) is 0 Å². The van der Waals surface area contributed by atoms with Crippen molar-refractivity contribution in [1.82, 2.24) is 4.31 Å². The third kappa shape index (κ3) is 2.30. The summed E-state index contributed by atoms with van der Waals surface area (Å²) in [5.74, 6) is 0. The second-order valence-corrected chi connectivity index (χ2v) is 7.11. The first-order valence-corrected chi connectivity index (χ1v) is 8.28. The summed E-state index contributed by atoms with van der Waals surface area (Å²) in [7, 11) is -3.42. The quantitative estimate of drug-likeness (QED) is 0.832. The zero-order valence-corrected chi connectivity index (χ0v) is 11.9. The van der Waals surface area contributed by atoms with Crippen LogP contribution >= 0.6 is 0 Å². The summed E-state index contributed by atoms with van der Waals surface area (Å²) in [4.78, 5) is 0.408. The minimum atomic E-state index is -3.42. The molecule has 5 heteroatoms. The van der Waals surface area contributed by atoms with Crippen LogP contribution in [0.1, 0.15) is 30.9 Å². The first-order chi connectivity index (χ1) is 9.09. The molecule has 19 heavy (non-hydrogen) atoms. The van der Waals surface area contributed by atoms with E-state index in [0.29, 0.717) is 18.0 Å². The van der Waals surface area contributed by atoms with Gasteiger partial charge in [0.05, 0.1) is 4.90 Å². The highest BCUT2D eigenvalue weighted by atomic mass is 32.2. The average Bonchev–Trinajstić information content (AvgIpc) is 2.86. The summed E-state index contributed by atoms with van der Waals surface area (Å²) in [5.41, 5.74) is 2.48. The van der Waals surface area contributed by atoms with Crippen molar-refractivity contribution in [1.29, 1.82) is 0 Å². The molecular weight excluding hydrogens is 262 g/mol. The monoisotopic (exact) mass is 281 g/mol. The van der Waals surface area contributed by atoms with Crippen molar-refractivity contribution in [3.8, 4) is 0 Å². The van der Waals surface area contributed by atoms with Crippen LogP contribution in [0.4, 0.5) is 0 Å². The third-order valence-electron chi connectivity index (χ3n) is 3.96. The zero-order chi connectivity index (χ0) is 13.5. The van der Waals surface area contributed by atoms with E-state index in [1.165, 1.54) is 15.4 Å². The first kappa shape index (κ1) is 13.1. The van der Waals surface area contributed by atoms with E-state index < -0.39 is 10.0 Å². The van der Waals surface area contributed by atoms with Crippen LogP contribution in [0.25, 0.3) is 0 Å². The summed E-state index contributed by atoms with van der Waals surface area (Å²) < 4.78 is 32.2. The number of fused-ring (bicyclic) bond motifs is 1. The lowest BCUT2D eigenvalue weighted by Gasteiger charge is -2.32. The van der Waals surface area contributed by atoms with Gasteiger partial charge in [0.25, 0.3) is 0 Å². The first-order valence-electron chi connectivity index (χ1n) is 6.84. The molecule has 0 radical (unpaired) electrons. The Morgan fingerprint density at radius 3 is 2.79 bits per heavy atom. The van der Waals surface area contributed by atoms with E-state index in [-0.39, 0.29) is 6.23 Å². The van der Waals surface area contributed by atoms with Crippen LogP contribution in [0.5, 0.6) is 0 Å². The van der Waals surface area contributed by atoms with Crippen molar-refractivity contribution in [2.75, 3.05) is 13.2 Å². The van der Waals surface area contributed by atoms with Crippen molar-refractivity contribution in [3.63, 3.8) is 0 Å². The van der Waals surface area contributed by atoms with E-state index in [9.17, 15) is 8.42 Å². The van der Waals surface area contributed by atoms with Gasteiger partial charge in [-0.1, -0.05) is 6.07 Å². The van der Waals surface area contributed by atoms with Crippen LogP contribution in [-0.4, -0.2) is 32.1 Å². The van der Waals surface area contributed by atoms with Gasteiger partial charge < -0.3 is 4.74 Å². The maximum absolute atomic E-state index is 12.6. The molecular formula is C14H19NO3S.